The lowest BCUT2D eigenvalue weighted by Crippen LogP contribution is -2.08. The van der Waals surface area contributed by atoms with E-state index >= 15 is 4.39 Å². The predicted octanol–water partition coefficient (Wildman–Crippen LogP) is 5.15. The third kappa shape index (κ3) is 4.90. The van der Waals surface area contributed by atoms with E-state index in [1.807, 2.05) is 18.2 Å². The Morgan fingerprint density at radius 2 is 1.70 bits per heavy atom. The summed E-state index contributed by atoms with van der Waals surface area (Å²) in [6.45, 7) is 2.00. The fourth-order valence-corrected chi connectivity index (χ4v) is 4.01. The molecule has 3 heterocycles. The van der Waals surface area contributed by atoms with Crippen LogP contribution in [0.1, 0.15) is 16.8 Å². The minimum atomic E-state index is -0.563. The third-order valence-electron chi connectivity index (χ3n) is 5.88. The number of benzene rings is 2. The molecular weight excluding hydrogens is 478 g/mol. The van der Waals surface area contributed by atoms with Gasteiger partial charge in [0.1, 0.15) is 23.0 Å². The summed E-state index contributed by atoms with van der Waals surface area (Å²) >= 11 is 0. The van der Waals surface area contributed by atoms with Gasteiger partial charge >= 0.3 is 0 Å². The van der Waals surface area contributed by atoms with E-state index < -0.39 is 5.82 Å². The van der Waals surface area contributed by atoms with Crippen LogP contribution in [0.5, 0.6) is 11.5 Å². The molecular formula is C27H24F2N6O2. The lowest BCUT2D eigenvalue weighted by atomic mass is 10.2. The van der Waals surface area contributed by atoms with E-state index in [1.54, 1.807) is 62.4 Å². The van der Waals surface area contributed by atoms with Crippen LogP contribution in [0.25, 0.3) is 22.6 Å². The maximum Gasteiger partial charge on any atom is 0.186 e. The molecule has 2 aromatic carbocycles. The van der Waals surface area contributed by atoms with Crippen LogP contribution in [0.15, 0.2) is 60.8 Å². The first kappa shape index (κ1) is 24.1. The number of methoxy groups -OCH3 is 2. The highest BCUT2D eigenvalue weighted by molar-refractivity contribution is 5.89. The van der Waals surface area contributed by atoms with Crippen molar-refractivity contribution in [3.8, 4) is 23.0 Å². The minimum absolute atomic E-state index is 0.0324. The second kappa shape index (κ2) is 10.2. The van der Waals surface area contributed by atoms with E-state index in [0.717, 1.165) is 5.56 Å². The second-order valence-electron chi connectivity index (χ2n) is 8.34. The largest absolute Gasteiger partial charge is 0.497 e. The standard InChI is InChI=1S/C27H24F2N6O2/c1-16-23(29)25(31-14-17-11-19(36-2)13-20(12-17)37-3)33-26(32-16)24-21-8-6-10-30-27(21)35(34-24)15-18-7-4-5-9-22(18)28/h4-13H,14-15H2,1-3H3,(H,31,32,33). The molecule has 0 spiro atoms. The van der Waals surface area contributed by atoms with Crippen molar-refractivity contribution in [2.45, 2.75) is 20.0 Å². The topological polar surface area (TPSA) is 87.0 Å². The van der Waals surface area contributed by atoms with Crippen molar-refractivity contribution in [2.24, 2.45) is 0 Å². The first-order valence-corrected chi connectivity index (χ1v) is 11.5. The molecule has 0 bridgehead atoms. The van der Waals surface area contributed by atoms with Crippen LogP contribution in [-0.4, -0.2) is 39.0 Å². The number of aromatic nitrogens is 5. The summed E-state index contributed by atoms with van der Waals surface area (Å²) in [7, 11) is 3.13. The Morgan fingerprint density at radius 3 is 2.43 bits per heavy atom. The van der Waals surface area contributed by atoms with Crippen LogP contribution in [-0.2, 0) is 13.1 Å². The van der Waals surface area contributed by atoms with Gasteiger partial charge < -0.3 is 14.8 Å². The first-order chi connectivity index (χ1) is 18.0. The van der Waals surface area contributed by atoms with Crippen LogP contribution in [0, 0.1) is 18.6 Å². The normalized spacial score (nSPS) is 11.1. The molecule has 5 rings (SSSR count). The smallest absolute Gasteiger partial charge is 0.186 e. The zero-order chi connectivity index (χ0) is 25.9. The number of nitrogens with zero attached hydrogens (tertiary/aromatic N) is 5. The summed E-state index contributed by atoms with van der Waals surface area (Å²) in [6, 6.07) is 15.5. The molecule has 0 radical (unpaired) electrons. The summed E-state index contributed by atoms with van der Waals surface area (Å²) in [5, 5.41) is 8.37. The molecule has 1 N–H and O–H groups in total. The van der Waals surface area contributed by atoms with Crippen LogP contribution in [0.4, 0.5) is 14.6 Å². The highest BCUT2D eigenvalue weighted by Gasteiger charge is 2.20. The monoisotopic (exact) mass is 502 g/mol. The lowest BCUT2D eigenvalue weighted by Gasteiger charge is -2.12. The Morgan fingerprint density at radius 1 is 0.946 bits per heavy atom. The molecule has 3 aromatic heterocycles. The number of hydrogen-bond acceptors (Lipinski definition) is 7. The number of rotatable bonds is 8. The Balaban J connectivity index is 1.51. The second-order valence-corrected chi connectivity index (χ2v) is 8.34. The molecule has 10 heteroatoms. The minimum Gasteiger partial charge on any atom is -0.497 e. The number of nitrogens with one attached hydrogen (secondary N) is 1. The summed E-state index contributed by atoms with van der Waals surface area (Å²) in [5.74, 6) is 0.607. The Kier molecular flexibility index (Phi) is 6.63. The van der Waals surface area contributed by atoms with Gasteiger partial charge in [0.25, 0.3) is 0 Å². The number of ether oxygens (including phenoxy) is 2. The molecule has 0 unspecified atom stereocenters. The van der Waals surface area contributed by atoms with Gasteiger partial charge in [-0.25, -0.2) is 28.4 Å². The van der Waals surface area contributed by atoms with Crippen LogP contribution >= 0.6 is 0 Å². The van der Waals surface area contributed by atoms with Crippen molar-refractivity contribution in [1.82, 2.24) is 24.7 Å². The van der Waals surface area contributed by atoms with Crippen molar-refractivity contribution in [1.29, 1.82) is 0 Å². The highest BCUT2D eigenvalue weighted by Crippen LogP contribution is 2.28. The zero-order valence-corrected chi connectivity index (χ0v) is 20.5. The molecule has 0 aliphatic heterocycles. The van der Waals surface area contributed by atoms with Crippen LogP contribution in [0.2, 0.25) is 0 Å². The van der Waals surface area contributed by atoms with Gasteiger partial charge in [0.2, 0.25) is 0 Å². The fourth-order valence-electron chi connectivity index (χ4n) is 4.01. The lowest BCUT2D eigenvalue weighted by molar-refractivity contribution is 0.393. The fraction of sp³-hybridized carbons (Fsp3) is 0.185. The van der Waals surface area contributed by atoms with E-state index in [4.69, 9.17) is 9.47 Å². The molecule has 0 saturated heterocycles. The molecule has 188 valence electrons. The Hall–Kier alpha value is -4.60. The molecule has 5 aromatic rings. The molecule has 8 nitrogen and oxygen atoms in total. The summed E-state index contributed by atoms with van der Waals surface area (Å²) in [4.78, 5) is 13.2. The maximum absolute atomic E-state index is 15.0. The average molecular weight is 503 g/mol. The Bertz CT molecular complexity index is 1570. The SMILES string of the molecule is COc1cc(CNc2nc(-c3nn(Cc4ccccc4F)c4ncccc34)nc(C)c2F)cc(OC)c1. The number of fused-ring (bicyclic) bond motifs is 1. The van der Waals surface area contributed by atoms with Gasteiger partial charge in [-0.15, -0.1) is 0 Å². The average Bonchev–Trinajstić information content (AvgIpc) is 3.28. The quantitative estimate of drug-likeness (QED) is 0.314. The van der Waals surface area contributed by atoms with Crippen molar-refractivity contribution in [2.75, 3.05) is 19.5 Å². The van der Waals surface area contributed by atoms with Gasteiger partial charge in [-0.05, 0) is 42.8 Å². The maximum atomic E-state index is 15.0. The van der Waals surface area contributed by atoms with Crippen molar-refractivity contribution in [3.05, 3.63) is 89.2 Å². The van der Waals surface area contributed by atoms with E-state index in [1.165, 1.54) is 6.07 Å². The number of anilines is 1. The van der Waals surface area contributed by atoms with Crippen LogP contribution < -0.4 is 14.8 Å². The third-order valence-corrected chi connectivity index (χ3v) is 5.88. The van der Waals surface area contributed by atoms with E-state index in [2.05, 4.69) is 25.4 Å². The molecule has 0 fully saturated rings. The molecule has 37 heavy (non-hydrogen) atoms. The first-order valence-electron chi connectivity index (χ1n) is 11.5. The predicted molar refractivity (Wildman–Crippen MR) is 136 cm³/mol. The number of hydrogen-bond donors (Lipinski definition) is 1. The van der Waals surface area contributed by atoms with Crippen molar-refractivity contribution >= 4 is 16.9 Å². The highest BCUT2D eigenvalue weighted by atomic mass is 19.1. The molecule has 0 atom stereocenters. The molecule has 0 aliphatic carbocycles. The molecule has 0 aliphatic rings. The van der Waals surface area contributed by atoms with Gasteiger partial charge in [0.15, 0.2) is 23.1 Å². The number of aryl methyl sites for hydroxylation is 1. The van der Waals surface area contributed by atoms with Gasteiger partial charge in [0.05, 0.1) is 31.8 Å². The summed E-state index contributed by atoms with van der Waals surface area (Å²) in [5.41, 5.74) is 2.42. The molecule has 0 amide bonds. The zero-order valence-electron chi connectivity index (χ0n) is 20.5. The van der Waals surface area contributed by atoms with Gasteiger partial charge in [-0.1, -0.05) is 18.2 Å². The van der Waals surface area contributed by atoms with Gasteiger partial charge in [-0.2, -0.15) is 5.10 Å². The van der Waals surface area contributed by atoms with Crippen molar-refractivity contribution in [3.63, 3.8) is 0 Å². The van der Waals surface area contributed by atoms with Gasteiger partial charge in [0, 0.05) is 24.4 Å². The summed E-state index contributed by atoms with van der Waals surface area (Å²) in [6.07, 6.45) is 1.64. The van der Waals surface area contributed by atoms with E-state index in [9.17, 15) is 4.39 Å². The van der Waals surface area contributed by atoms with E-state index in [-0.39, 0.29) is 36.2 Å². The number of halogens is 2. The van der Waals surface area contributed by atoms with E-state index in [0.29, 0.717) is 33.8 Å². The van der Waals surface area contributed by atoms with Crippen molar-refractivity contribution < 1.29 is 18.3 Å². The molecule has 0 saturated carbocycles. The Labute approximate surface area is 211 Å². The van der Waals surface area contributed by atoms with Gasteiger partial charge in [-0.3, -0.25) is 0 Å². The van der Waals surface area contributed by atoms with Crippen LogP contribution in [0.3, 0.4) is 0 Å². The number of pyridine rings is 1. The summed E-state index contributed by atoms with van der Waals surface area (Å²) < 4.78 is 41.6.